The normalized spacial score (nSPS) is 10.8. The van der Waals surface area contributed by atoms with Crippen LogP contribution < -0.4 is 4.74 Å². The van der Waals surface area contributed by atoms with Crippen LogP contribution in [0.3, 0.4) is 0 Å². The average molecular weight is 375 g/mol. The molecule has 27 heavy (non-hydrogen) atoms. The Balaban J connectivity index is 2.01. The van der Waals surface area contributed by atoms with Crippen LogP contribution in [0.1, 0.15) is 5.69 Å². The van der Waals surface area contributed by atoms with Crippen LogP contribution >= 0.6 is 11.6 Å². The van der Waals surface area contributed by atoms with Gasteiger partial charge in [-0.2, -0.15) is 5.10 Å². The van der Waals surface area contributed by atoms with Gasteiger partial charge in [0.2, 0.25) is 0 Å². The summed E-state index contributed by atoms with van der Waals surface area (Å²) < 4.78 is 7.43. The van der Waals surface area contributed by atoms with Gasteiger partial charge in [-0.05, 0) is 36.8 Å². The van der Waals surface area contributed by atoms with Crippen LogP contribution in [-0.4, -0.2) is 16.9 Å². The molecular formula is C23H19ClN2O. The molecule has 0 fully saturated rings. The number of benzene rings is 3. The van der Waals surface area contributed by atoms with E-state index in [0.717, 1.165) is 33.8 Å². The molecule has 3 aromatic carbocycles. The van der Waals surface area contributed by atoms with E-state index in [1.165, 1.54) is 0 Å². The lowest BCUT2D eigenvalue weighted by atomic mass is 9.98. The van der Waals surface area contributed by atoms with Gasteiger partial charge in [0.05, 0.1) is 29.2 Å². The van der Waals surface area contributed by atoms with Gasteiger partial charge >= 0.3 is 0 Å². The molecule has 0 amide bonds. The van der Waals surface area contributed by atoms with Crippen molar-refractivity contribution in [1.82, 2.24) is 9.78 Å². The predicted octanol–water partition coefficient (Wildman–Crippen LogP) is 6.18. The van der Waals surface area contributed by atoms with E-state index in [2.05, 4.69) is 24.3 Å². The lowest BCUT2D eigenvalue weighted by Crippen LogP contribution is -1.99. The second kappa shape index (κ2) is 7.29. The van der Waals surface area contributed by atoms with Crippen molar-refractivity contribution in [2.45, 2.75) is 6.92 Å². The molecule has 1 aromatic heterocycles. The number of halogens is 1. The summed E-state index contributed by atoms with van der Waals surface area (Å²) in [6, 6.07) is 26.3. The fourth-order valence-corrected chi connectivity index (χ4v) is 3.50. The van der Waals surface area contributed by atoms with E-state index in [4.69, 9.17) is 21.4 Å². The maximum Gasteiger partial charge on any atom is 0.138 e. The zero-order valence-electron chi connectivity index (χ0n) is 15.2. The molecule has 1 heterocycles. The van der Waals surface area contributed by atoms with E-state index < -0.39 is 0 Å². The van der Waals surface area contributed by atoms with Crippen molar-refractivity contribution in [3.63, 3.8) is 0 Å². The van der Waals surface area contributed by atoms with Crippen molar-refractivity contribution >= 4 is 11.6 Å². The van der Waals surface area contributed by atoms with Crippen LogP contribution in [0.5, 0.6) is 5.75 Å². The number of hydrogen-bond acceptors (Lipinski definition) is 2. The molecule has 4 heteroatoms. The van der Waals surface area contributed by atoms with Gasteiger partial charge in [-0.25, -0.2) is 4.68 Å². The molecule has 0 aliphatic carbocycles. The highest BCUT2D eigenvalue weighted by molar-refractivity contribution is 6.32. The minimum atomic E-state index is 0.593. The summed E-state index contributed by atoms with van der Waals surface area (Å²) in [5.41, 5.74) is 6.21. The van der Waals surface area contributed by atoms with Crippen molar-refractivity contribution in [2.24, 2.45) is 0 Å². The number of hydrogen-bond donors (Lipinski definition) is 0. The summed E-state index contributed by atoms with van der Waals surface area (Å²) in [6.07, 6.45) is 0. The molecule has 0 N–H and O–H groups in total. The lowest BCUT2D eigenvalue weighted by Gasteiger charge is -2.12. The third-order valence-corrected chi connectivity index (χ3v) is 4.86. The van der Waals surface area contributed by atoms with Gasteiger partial charge in [0.25, 0.3) is 0 Å². The van der Waals surface area contributed by atoms with Crippen molar-refractivity contribution in [1.29, 1.82) is 0 Å². The molecule has 0 atom stereocenters. The van der Waals surface area contributed by atoms with E-state index in [0.29, 0.717) is 10.8 Å². The molecule has 0 aliphatic rings. The van der Waals surface area contributed by atoms with E-state index >= 15 is 0 Å². The minimum Gasteiger partial charge on any atom is -0.495 e. The molecule has 0 unspecified atom stereocenters. The Morgan fingerprint density at radius 1 is 0.852 bits per heavy atom. The Labute approximate surface area is 163 Å². The molecular weight excluding hydrogens is 356 g/mol. The van der Waals surface area contributed by atoms with Crippen molar-refractivity contribution in [3.05, 3.63) is 89.6 Å². The summed E-state index contributed by atoms with van der Waals surface area (Å²) >= 11 is 6.24. The number of aryl methyl sites for hydroxylation is 1. The zero-order chi connectivity index (χ0) is 18.8. The molecule has 0 spiro atoms. The molecule has 0 radical (unpaired) electrons. The Hall–Kier alpha value is -3.04. The first kappa shape index (κ1) is 17.4. The highest BCUT2D eigenvalue weighted by Gasteiger charge is 2.20. The summed E-state index contributed by atoms with van der Waals surface area (Å²) in [5.74, 6) is 0.653. The van der Waals surface area contributed by atoms with Crippen LogP contribution in [-0.2, 0) is 0 Å². The Morgan fingerprint density at radius 3 is 2.19 bits per heavy atom. The predicted molar refractivity (Wildman–Crippen MR) is 111 cm³/mol. The van der Waals surface area contributed by atoms with Gasteiger partial charge < -0.3 is 4.74 Å². The summed E-state index contributed by atoms with van der Waals surface area (Å²) in [5, 5.41) is 5.45. The number of methoxy groups -OCH3 is 1. The highest BCUT2D eigenvalue weighted by Crippen LogP contribution is 2.39. The van der Waals surface area contributed by atoms with Crippen molar-refractivity contribution in [2.75, 3.05) is 7.11 Å². The molecule has 0 saturated heterocycles. The van der Waals surface area contributed by atoms with Crippen LogP contribution in [0, 0.1) is 6.92 Å². The number of ether oxygens (including phenoxy) is 1. The lowest BCUT2D eigenvalue weighted by molar-refractivity contribution is 0.415. The fourth-order valence-electron chi connectivity index (χ4n) is 3.31. The van der Waals surface area contributed by atoms with E-state index in [1.54, 1.807) is 7.11 Å². The Bertz CT molecular complexity index is 1070. The van der Waals surface area contributed by atoms with Crippen LogP contribution in [0.25, 0.3) is 28.1 Å². The maximum absolute atomic E-state index is 6.24. The molecule has 3 nitrogen and oxygen atoms in total. The standard InChI is InChI=1S/C23H19ClN2O/c1-16-22(18-13-14-20(24)21(15-18)27-2)23(17-9-5-3-6-10-17)26(25-16)19-11-7-4-8-12-19/h3-15H,1-2H3. The van der Waals surface area contributed by atoms with Crippen molar-refractivity contribution < 1.29 is 4.74 Å². The van der Waals surface area contributed by atoms with E-state index in [1.807, 2.05) is 66.2 Å². The fraction of sp³-hybridized carbons (Fsp3) is 0.0870. The number of para-hydroxylation sites is 1. The van der Waals surface area contributed by atoms with Gasteiger partial charge in [-0.15, -0.1) is 0 Å². The Morgan fingerprint density at radius 2 is 1.52 bits per heavy atom. The SMILES string of the molecule is COc1cc(-c2c(C)nn(-c3ccccc3)c2-c2ccccc2)ccc1Cl. The van der Waals surface area contributed by atoms with Gasteiger partial charge in [0.15, 0.2) is 0 Å². The monoisotopic (exact) mass is 374 g/mol. The van der Waals surface area contributed by atoms with Crippen molar-refractivity contribution in [3.8, 4) is 33.8 Å². The summed E-state index contributed by atoms with van der Waals surface area (Å²) in [4.78, 5) is 0. The number of rotatable bonds is 4. The quantitative estimate of drug-likeness (QED) is 0.426. The highest BCUT2D eigenvalue weighted by atomic mass is 35.5. The topological polar surface area (TPSA) is 27.1 Å². The van der Waals surface area contributed by atoms with Crippen LogP contribution in [0.4, 0.5) is 0 Å². The third kappa shape index (κ3) is 3.22. The average Bonchev–Trinajstić information content (AvgIpc) is 3.07. The first-order valence-electron chi connectivity index (χ1n) is 8.73. The first-order chi connectivity index (χ1) is 13.2. The van der Waals surface area contributed by atoms with E-state index in [-0.39, 0.29) is 0 Å². The molecule has 134 valence electrons. The Kier molecular flexibility index (Phi) is 4.69. The molecule has 4 aromatic rings. The van der Waals surface area contributed by atoms with Gasteiger partial charge in [-0.3, -0.25) is 0 Å². The van der Waals surface area contributed by atoms with Gasteiger partial charge in [-0.1, -0.05) is 66.2 Å². The summed E-state index contributed by atoms with van der Waals surface area (Å²) in [7, 11) is 1.63. The largest absolute Gasteiger partial charge is 0.495 e. The molecule has 4 rings (SSSR count). The molecule has 0 bridgehead atoms. The minimum absolute atomic E-state index is 0.593. The second-order valence-electron chi connectivity index (χ2n) is 6.27. The molecule has 0 saturated carbocycles. The van der Waals surface area contributed by atoms with Crippen LogP contribution in [0.2, 0.25) is 5.02 Å². The van der Waals surface area contributed by atoms with Gasteiger partial charge in [0.1, 0.15) is 5.75 Å². The van der Waals surface area contributed by atoms with Crippen LogP contribution in [0.15, 0.2) is 78.9 Å². The third-order valence-electron chi connectivity index (χ3n) is 4.55. The maximum atomic E-state index is 6.24. The first-order valence-corrected chi connectivity index (χ1v) is 9.11. The molecule has 0 aliphatic heterocycles. The zero-order valence-corrected chi connectivity index (χ0v) is 15.9. The number of aromatic nitrogens is 2. The second-order valence-corrected chi connectivity index (χ2v) is 6.68. The summed E-state index contributed by atoms with van der Waals surface area (Å²) in [6.45, 7) is 2.03. The smallest absolute Gasteiger partial charge is 0.138 e. The van der Waals surface area contributed by atoms with E-state index in [9.17, 15) is 0 Å². The van der Waals surface area contributed by atoms with Gasteiger partial charge in [0, 0.05) is 11.1 Å². The number of nitrogens with zero attached hydrogens (tertiary/aromatic N) is 2.